The molecule has 0 amide bonds. The van der Waals surface area contributed by atoms with Crippen LogP contribution in [0.15, 0.2) is 48.2 Å². The monoisotopic (exact) mass is 501 g/mol. The zero-order chi connectivity index (χ0) is 26.5. The van der Waals surface area contributed by atoms with Crippen molar-refractivity contribution in [2.75, 3.05) is 0 Å². The van der Waals surface area contributed by atoms with Crippen LogP contribution in [-0.2, 0) is 24.2 Å². The largest absolute Gasteiger partial charge is 0.478 e. The molecule has 2 aliphatic rings. The van der Waals surface area contributed by atoms with Crippen molar-refractivity contribution in [1.82, 2.24) is 4.98 Å². The predicted molar refractivity (Wildman–Crippen MR) is 141 cm³/mol. The van der Waals surface area contributed by atoms with E-state index in [1.54, 1.807) is 12.3 Å². The molecule has 2 aliphatic carbocycles. The van der Waals surface area contributed by atoms with E-state index in [0.717, 1.165) is 58.2 Å². The van der Waals surface area contributed by atoms with Gasteiger partial charge in [0.15, 0.2) is 0 Å². The molecule has 0 spiro atoms. The molecule has 2 N–H and O–H groups in total. The lowest BCUT2D eigenvalue weighted by atomic mass is 9.90. The van der Waals surface area contributed by atoms with Crippen molar-refractivity contribution in [3.63, 3.8) is 0 Å². The van der Waals surface area contributed by atoms with Crippen molar-refractivity contribution in [3.05, 3.63) is 87.4 Å². The average Bonchev–Trinajstić information content (AvgIpc) is 3.40. The fourth-order valence-corrected chi connectivity index (χ4v) is 5.63. The van der Waals surface area contributed by atoms with Crippen molar-refractivity contribution in [3.8, 4) is 17.0 Å². The maximum Gasteiger partial charge on any atom is 0.332 e. The lowest BCUT2D eigenvalue weighted by Crippen LogP contribution is -2.18. The van der Waals surface area contributed by atoms with Crippen LogP contribution in [-0.4, -0.2) is 26.8 Å². The van der Waals surface area contributed by atoms with Crippen LogP contribution in [0.1, 0.15) is 60.1 Å². The molecule has 0 saturated carbocycles. The van der Waals surface area contributed by atoms with Crippen LogP contribution in [0.3, 0.4) is 0 Å². The molecular formula is C31H32FNO4. The highest BCUT2D eigenvalue weighted by Gasteiger charge is 2.47. The van der Waals surface area contributed by atoms with Crippen LogP contribution in [0.5, 0.6) is 5.88 Å². The summed E-state index contributed by atoms with van der Waals surface area (Å²) in [6.45, 7) is 7.86. The molecule has 192 valence electrons. The highest BCUT2D eigenvalue weighted by atomic mass is 19.1. The number of carboxylic acid groups (broad SMARTS) is 1. The number of benzene rings is 2. The first kappa shape index (κ1) is 25.2. The number of carbonyl (C=O) groups is 1. The van der Waals surface area contributed by atoms with Crippen molar-refractivity contribution < 1.29 is 24.1 Å². The second-order valence-electron chi connectivity index (χ2n) is 10.9. The molecular weight excluding hydrogens is 469 g/mol. The van der Waals surface area contributed by atoms with Crippen molar-refractivity contribution in [1.29, 1.82) is 0 Å². The van der Waals surface area contributed by atoms with Gasteiger partial charge in [0.2, 0.25) is 5.88 Å². The average molecular weight is 502 g/mol. The van der Waals surface area contributed by atoms with Gasteiger partial charge in [-0.3, -0.25) is 0 Å². The Morgan fingerprint density at radius 2 is 1.89 bits per heavy atom. The number of halogens is 1. The molecule has 0 saturated heterocycles. The maximum absolute atomic E-state index is 14.7. The maximum atomic E-state index is 14.7. The van der Waals surface area contributed by atoms with Gasteiger partial charge < -0.3 is 14.9 Å². The van der Waals surface area contributed by atoms with Gasteiger partial charge in [0.05, 0.1) is 5.60 Å². The molecule has 1 heterocycles. The normalized spacial score (nSPS) is 16.0. The van der Waals surface area contributed by atoms with Crippen LogP contribution in [0.4, 0.5) is 4.39 Å². The number of aryl methyl sites for hydroxylation is 3. The van der Waals surface area contributed by atoms with E-state index in [0.29, 0.717) is 23.4 Å². The number of allylic oxidation sites excluding steroid dienone is 1. The van der Waals surface area contributed by atoms with Gasteiger partial charge in [-0.2, -0.15) is 0 Å². The van der Waals surface area contributed by atoms with Crippen molar-refractivity contribution >= 4 is 11.5 Å². The molecule has 3 aromatic rings. The van der Waals surface area contributed by atoms with E-state index in [1.165, 1.54) is 11.6 Å². The molecule has 0 radical (unpaired) electrons. The number of pyridine rings is 1. The van der Waals surface area contributed by atoms with Crippen LogP contribution in [0, 0.1) is 25.6 Å². The number of aromatic nitrogens is 1. The molecule has 1 unspecified atom stereocenters. The van der Waals surface area contributed by atoms with E-state index in [1.807, 2.05) is 26.0 Å². The number of aliphatic carboxylic acids is 1. The minimum Gasteiger partial charge on any atom is -0.478 e. The van der Waals surface area contributed by atoms with Gasteiger partial charge in [0.25, 0.3) is 0 Å². The van der Waals surface area contributed by atoms with E-state index < -0.39 is 11.6 Å². The first-order chi connectivity index (χ1) is 17.5. The van der Waals surface area contributed by atoms with Crippen LogP contribution < -0.4 is 4.74 Å². The van der Waals surface area contributed by atoms with E-state index in [2.05, 4.69) is 31.0 Å². The van der Waals surface area contributed by atoms with Gasteiger partial charge in [0, 0.05) is 34.9 Å². The van der Waals surface area contributed by atoms with Gasteiger partial charge in [-0.05, 0) is 104 Å². The quantitative estimate of drug-likeness (QED) is 0.365. The summed E-state index contributed by atoms with van der Waals surface area (Å²) in [5.41, 5.74) is 8.61. The Kier molecular flexibility index (Phi) is 6.40. The van der Waals surface area contributed by atoms with Gasteiger partial charge in [0.1, 0.15) is 12.4 Å². The Labute approximate surface area is 216 Å². The first-order valence-corrected chi connectivity index (χ1v) is 12.7. The number of ether oxygens (including phenoxy) is 1. The Morgan fingerprint density at radius 3 is 2.57 bits per heavy atom. The molecule has 1 aromatic heterocycles. The molecule has 0 bridgehead atoms. The Balaban J connectivity index is 1.30. The molecule has 1 atom stereocenters. The van der Waals surface area contributed by atoms with E-state index in [4.69, 9.17) is 4.74 Å². The van der Waals surface area contributed by atoms with Crippen LogP contribution >= 0.6 is 0 Å². The summed E-state index contributed by atoms with van der Waals surface area (Å²) in [7, 11) is 0. The zero-order valence-corrected chi connectivity index (χ0v) is 21.7. The molecule has 0 aliphatic heterocycles. The van der Waals surface area contributed by atoms with Gasteiger partial charge in [-0.15, -0.1) is 0 Å². The minimum atomic E-state index is -0.854. The highest BCUT2D eigenvalue weighted by molar-refractivity contribution is 6.11. The molecule has 5 rings (SSSR count). The third-order valence-electron chi connectivity index (χ3n) is 7.37. The summed E-state index contributed by atoms with van der Waals surface area (Å²) in [4.78, 5) is 15.6. The van der Waals surface area contributed by atoms with Crippen molar-refractivity contribution in [2.45, 2.75) is 65.6 Å². The number of hydrogen-bond donors (Lipinski definition) is 2. The Bertz CT molecular complexity index is 1410. The lowest BCUT2D eigenvalue weighted by Gasteiger charge is -2.18. The minimum absolute atomic E-state index is 0.00179. The first-order valence-electron chi connectivity index (χ1n) is 12.7. The fourth-order valence-electron chi connectivity index (χ4n) is 5.63. The van der Waals surface area contributed by atoms with Gasteiger partial charge in [-0.1, -0.05) is 18.2 Å². The summed E-state index contributed by atoms with van der Waals surface area (Å²) in [5.74, 6) is -0.781. The van der Waals surface area contributed by atoms with Crippen LogP contribution in [0.2, 0.25) is 0 Å². The third kappa shape index (κ3) is 5.16. The van der Waals surface area contributed by atoms with E-state index >= 15 is 0 Å². The molecule has 6 heteroatoms. The summed E-state index contributed by atoms with van der Waals surface area (Å²) in [5, 5.41) is 19.2. The van der Waals surface area contributed by atoms with E-state index in [-0.39, 0.29) is 18.3 Å². The SMILES string of the molecule is Cc1cc(CCCC(C)(C)O)cc(C)c1-c1ccc(F)c(COc2cc3c(cn2)C2=C(C(=O)O)C2C3)c1. The number of hydrogen-bond acceptors (Lipinski definition) is 4. The summed E-state index contributed by atoms with van der Waals surface area (Å²) < 4.78 is 20.6. The third-order valence-corrected chi connectivity index (χ3v) is 7.37. The number of carboxylic acids is 1. The molecule has 37 heavy (non-hydrogen) atoms. The van der Waals surface area contributed by atoms with Crippen molar-refractivity contribution in [2.24, 2.45) is 5.92 Å². The Hall–Kier alpha value is -3.51. The molecule has 2 aromatic carbocycles. The van der Waals surface area contributed by atoms with Gasteiger partial charge in [-0.25, -0.2) is 14.2 Å². The van der Waals surface area contributed by atoms with E-state index in [9.17, 15) is 19.4 Å². The van der Waals surface area contributed by atoms with Crippen LogP contribution in [0.25, 0.3) is 16.7 Å². The number of fused-ring (bicyclic) bond motifs is 3. The summed E-state index contributed by atoms with van der Waals surface area (Å²) >= 11 is 0. The second-order valence-corrected chi connectivity index (χ2v) is 10.9. The number of aliphatic hydroxyl groups is 1. The number of nitrogens with zero attached hydrogens (tertiary/aromatic N) is 1. The molecule has 0 fully saturated rings. The zero-order valence-electron chi connectivity index (χ0n) is 21.7. The standard InChI is InChI=1S/C31H32FNO4/c1-17-10-19(6-5-9-31(3,4)36)11-18(2)27(17)20-7-8-25(32)22(12-20)16-37-26-14-21-13-23-28(24(21)15-33-26)29(23)30(34)35/h7-8,10-12,14-15,23,36H,5-6,9,13,16H2,1-4H3,(H,34,35). The highest BCUT2D eigenvalue weighted by Crippen LogP contribution is 2.55. The summed E-state index contributed by atoms with van der Waals surface area (Å²) in [6.07, 6.45) is 4.88. The second kappa shape index (κ2) is 9.42. The summed E-state index contributed by atoms with van der Waals surface area (Å²) in [6, 6.07) is 11.3. The predicted octanol–water partition coefficient (Wildman–Crippen LogP) is 6.20. The number of rotatable bonds is 9. The lowest BCUT2D eigenvalue weighted by molar-refractivity contribution is -0.132. The fraction of sp³-hybridized carbons (Fsp3) is 0.355. The van der Waals surface area contributed by atoms with Gasteiger partial charge >= 0.3 is 5.97 Å². The smallest absolute Gasteiger partial charge is 0.332 e. The molecule has 5 nitrogen and oxygen atoms in total. The topological polar surface area (TPSA) is 79.7 Å². The Morgan fingerprint density at radius 1 is 1.16 bits per heavy atom.